The molecule has 0 spiro atoms. The predicted octanol–water partition coefficient (Wildman–Crippen LogP) is 3.98. The summed E-state index contributed by atoms with van der Waals surface area (Å²) in [4.78, 5) is 27.7. The number of hydrogen-bond donors (Lipinski definition) is 1. The molecule has 0 saturated heterocycles. The van der Waals surface area contributed by atoms with Gasteiger partial charge in [-0.05, 0) is 50.5 Å². The van der Waals surface area contributed by atoms with Gasteiger partial charge in [-0.3, -0.25) is 9.59 Å². The van der Waals surface area contributed by atoms with E-state index in [9.17, 15) is 14.0 Å². The molecule has 0 atom stereocenters. The van der Waals surface area contributed by atoms with Crippen LogP contribution in [-0.4, -0.2) is 22.8 Å². The van der Waals surface area contributed by atoms with Crippen LogP contribution in [0.5, 0.6) is 0 Å². The van der Waals surface area contributed by atoms with Gasteiger partial charge in [-0.15, -0.1) is 0 Å². The van der Waals surface area contributed by atoms with Crippen molar-refractivity contribution in [1.29, 1.82) is 0 Å². The summed E-state index contributed by atoms with van der Waals surface area (Å²) in [7, 11) is 0. The zero-order valence-corrected chi connectivity index (χ0v) is 15.0. The number of carbonyl (C=O) groups is 2. The Morgan fingerprint density at radius 1 is 1.12 bits per heavy atom. The lowest BCUT2D eigenvalue weighted by Gasteiger charge is -2.30. The van der Waals surface area contributed by atoms with E-state index >= 15 is 0 Å². The number of nitrogens with zero attached hydrogens (tertiary/aromatic N) is 1. The second kappa shape index (κ2) is 7.28. The van der Waals surface area contributed by atoms with E-state index in [0.29, 0.717) is 25.1 Å². The smallest absolute Gasteiger partial charge is 0.240 e. The van der Waals surface area contributed by atoms with Gasteiger partial charge < -0.3 is 10.2 Å². The number of rotatable bonds is 6. The molecule has 0 unspecified atom stereocenters. The maximum atomic E-state index is 13.3. The van der Waals surface area contributed by atoms with Crippen LogP contribution < -0.4 is 5.32 Å². The summed E-state index contributed by atoms with van der Waals surface area (Å²) in [5.41, 5.74) is 0.356. The van der Waals surface area contributed by atoms with Crippen LogP contribution in [0, 0.1) is 11.2 Å². The highest BCUT2D eigenvalue weighted by molar-refractivity contribution is 6.13. The first-order valence-electron chi connectivity index (χ1n) is 8.84. The van der Waals surface area contributed by atoms with Gasteiger partial charge in [0.1, 0.15) is 11.2 Å². The van der Waals surface area contributed by atoms with E-state index < -0.39 is 11.2 Å². The lowest BCUT2D eigenvalue weighted by atomic mass is 10.0. The zero-order valence-electron chi connectivity index (χ0n) is 15.0. The average molecular weight is 354 g/mol. The summed E-state index contributed by atoms with van der Waals surface area (Å²) in [6, 6.07) is 15.4. The van der Waals surface area contributed by atoms with Crippen molar-refractivity contribution in [2.75, 3.05) is 5.32 Å². The van der Waals surface area contributed by atoms with Crippen molar-refractivity contribution >= 4 is 17.5 Å². The van der Waals surface area contributed by atoms with Crippen molar-refractivity contribution in [1.82, 2.24) is 4.90 Å². The van der Waals surface area contributed by atoms with Crippen LogP contribution in [0.1, 0.15) is 32.3 Å². The molecular weight excluding hydrogens is 331 g/mol. The van der Waals surface area contributed by atoms with Gasteiger partial charge in [0, 0.05) is 18.3 Å². The molecule has 2 aromatic rings. The molecule has 0 radical (unpaired) electrons. The molecule has 1 aliphatic rings. The molecule has 2 amide bonds. The Labute approximate surface area is 153 Å². The quantitative estimate of drug-likeness (QED) is 0.798. The summed E-state index contributed by atoms with van der Waals surface area (Å²) < 4.78 is 13.3. The van der Waals surface area contributed by atoms with Gasteiger partial charge >= 0.3 is 0 Å². The van der Waals surface area contributed by atoms with Crippen LogP contribution in [0.2, 0.25) is 0 Å². The van der Waals surface area contributed by atoms with E-state index in [-0.39, 0.29) is 17.9 Å². The molecule has 1 saturated carbocycles. The maximum Gasteiger partial charge on any atom is 0.240 e. The monoisotopic (exact) mass is 354 g/mol. The highest BCUT2D eigenvalue weighted by Gasteiger charge is 2.58. The Kier molecular flexibility index (Phi) is 5.07. The lowest BCUT2D eigenvalue weighted by molar-refractivity contribution is -0.144. The molecule has 26 heavy (non-hydrogen) atoms. The normalized spacial score (nSPS) is 14.8. The molecule has 136 valence electrons. The summed E-state index contributed by atoms with van der Waals surface area (Å²) in [5, 5.41) is 2.70. The summed E-state index contributed by atoms with van der Waals surface area (Å²) in [5.74, 6) is -0.941. The fraction of sp³-hybridized carbons (Fsp3) is 0.333. The fourth-order valence-corrected chi connectivity index (χ4v) is 3.02. The molecule has 0 aromatic heterocycles. The predicted molar refractivity (Wildman–Crippen MR) is 98.8 cm³/mol. The molecule has 0 bridgehead atoms. The Bertz CT molecular complexity index is 801. The van der Waals surface area contributed by atoms with Crippen molar-refractivity contribution in [3.05, 3.63) is 66.0 Å². The van der Waals surface area contributed by atoms with Crippen molar-refractivity contribution in [2.24, 2.45) is 5.41 Å². The third-order valence-corrected chi connectivity index (χ3v) is 4.76. The number of carbonyl (C=O) groups excluding carboxylic acids is 2. The minimum absolute atomic E-state index is 0.0258. The highest BCUT2D eigenvalue weighted by Crippen LogP contribution is 2.48. The molecule has 1 N–H and O–H groups in total. The fourth-order valence-electron chi connectivity index (χ4n) is 3.02. The molecule has 2 aromatic carbocycles. The molecule has 1 fully saturated rings. The minimum atomic E-state index is -1.04. The molecular formula is C21H23FN2O2. The van der Waals surface area contributed by atoms with Gasteiger partial charge in [0.15, 0.2) is 0 Å². The van der Waals surface area contributed by atoms with Crippen LogP contribution in [0.4, 0.5) is 10.1 Å². The molecule has 0 aliphatic heterocycles. The topological polar surface area (TPSA) is 49.4 Å². The summed E-state index contributed by atoms with van der Waals surface area (Å²) in [6.07, 6.45) is 1.04. The number of nitrogens with one attached hydrogen (secondary N) is 1. The molecule has 1 aliphatic carbocycles. The standard InChI is InChI=1S/C21H23FN2O2/c1-15(2)24(14-16-7-4-3-5-8-16)20(26)21(11-12-21)19(25)23-18-10-6-9-17(22)13-18/h3-10,13,15H,11-12,14H2,1-2H3,(H,23,25). The van der Waals surface area contributed by atoms with Crippen molar-refractivity contribution in [3.63, 3.8) is 0 Å². The van der Waals surface area contributed by atoms with E-state index in [1.165, 1.54) is 18.2 Å². The van der Waals surface area contributed by atoms with E-state index in [2.05, 4.69) is 5.32 Å². The summed E-state index contributed by atoms with van der Waals surface area (Å²) in [6.45, 7) is 4.36. The Morgan fingerprint density at radius 3 is 2.38 bits per heavy atom. The Morgan fingerprint density at radius 2 is 1.81 bits per heavy atom. The Hall–Kier alpha value is -2.69. The van der Waals surface area contributed by atoms with Gasteiger partial charge in [0.2, 0.25) is 11.8 Å². The SMILES string of the molecule is CC(C)N(Cc1ccccc1)C(=O)C1(C(=O)Nc2cccc(F)c2)CC1. The van der Waals surface area contributed by atoms with E-state index in [0.717, 1.165) is 5.56 Å². The highest BCUT2D eigenvalue weighted by atomic mass is 19.1. The van der Waals surface area contributed by atoms with Gasteiger partial charge in [-0.2, -0.15) is 0 Å². The van der Waals surface area contributed by atoms with E-state index in [1.807, 2.05) is 44.2 Å². The number of amides is 2. The van der Waals surface area contributed by atoms with Gasteiger partial charge in [-0.25, -0.2) is 4.39 Å². The second-order valence-corrected chi connectivity index (χ2v) is 7.06. The average Bonchev–Trinajstić information content (AvgIpc) is 3.42. The lowest BCUT2D eigenvalue weighted by Crippen LogP contribution is -2.45. The molecule has 0 heterocycles. The third kappa shape index (κ3) is 3.77. The minimum Gasteiger partial charge on any atom is -0.335 e. The number of benzene rings is 2. The third-order valence-electron chi connectivity index (χ3n) is 4.76. The molecule has 3 rings (SSSR count). The van der Waals surface area contributed by atoms with Crippen LogP contribution in [0.25, 0.3) is 0 Å². The van der Waals surface area contributed by atoms with Crippen molar-refractivity contribution in [3.8, 4) is 0 Å². The van der Waals surface area contributed by atoms with Crippen LogP contribution >= 0.6 is 0 Å². The largest absolute Gasteiger partial charge is 0.335 e. The van der Waals surface area contributed by atoms with Crippen molar-refractivity contribution < 1.29 is 14.0 Å². The maximum absolute atomic E-state index is 13.3. The first kappa shape index (κ1) is 18.1. The van der Waals surface area contributed by atoms with Gasteiger partial charge in [0.25, 0.3) is 0 Å². The van der Waals surface area contributed by atoms with E-state index in [1.54, 1.807) is 11.0 Å². The number of anilines is 1. The van der Waals surface area contributed by atoms with Crippen LogP contribution in [0.15, 0.2) is 54.6 Å². The first-order chi connectivity index (χ1) is 12.4. The second-order valence-electron chi connectivity index (χ2n) is 7.06. The molecule has 5 heteroatoms. The zero-order chi connectivity index (χ0) is 18.7. The van der Waals surface area contributed by atoms with Gasteiger partial charge in [-0.1, -0.05) is 36.4 Å². The number of hydrogen-bond acceptors (Lipinski definition) is 2. The summed E-state index contributed by atoms with van der Waals surface area (Å²) >= 11 is 0. The molecule has 4 nitrogen and oxygen atoms in total. The first-order valence-corrected chi connectivity index (χ1v) is 8.84. The number of halogens is 1. The van der Waals surface area contributed by atoms with Crippen molar-refractivity contribution in [2.45, 2.75) is 39.3 Å². The Balaban J connectivity index is 1.76. The van der Waals surface area contributed by atoms with Gasteiger partial charge in [0.05, 0.1) is 0 Å². The van der Waals surface area contributed by atoms with Crippen LogP contribution in [-0.2, 0) is 16.1 Å². The van der Waals surface area contributed by atoms with Crippen LogP contribution in [0.3, 0.4) is 0 Å². The van der Waals surface area contributed by atoms with E-state index in [4.69, 9.17) is 0 Å².